The van der Waals surface area contributed by atoms with Crippen molar-refractivity contribution in [2.45, 2.75) is 19.4 Å². The van der Waals surface area contributed by atoms with Gasteiger partial charge in [0.15, 0.2) is 6.29 Å². The van der Waals surface area contributed by atoms with Crippen molar-refractivity contribution in [3.8, 4) is 0 Å². The van der Waals surface area contributed by atoms with Crippen molar-refractivity contribution >= 4 is 83.2 Å². The minimum absolute atomic E-state index is 0.216. The van der Waals surface area contributed by atoms with Crippen molar-refractivity contribution in [1.29, 1.82) is 0 Å². The Labute approximate surface area is 381 Å². The molecule has 67 heavy (non-hydrogen) atoms. The Morgan fingerprint density at radius 2 is 1.19 bits per heavy atom. The third-order valence-electron chi connectivity index (χ3n) is 12.7. The van der Waals surface area contributed by atoms with Crippen LogP contribution in [0.1, 0.15) is 29.0 Å². The maximum atomic E-state index is 13.8. The number of H-pyrrole nitrogens is 2. The molecule has 2 unspecified atom stereocenters. The van der Waals surface area contributed by atoms with Gasteiger partial charge in [0.1, 0.15) is 34.4 Å². The van der Waals surface area contributed by atoms with Crippen molar-refractivity contribution in [2.24, 2.45) is 17.6 Å². The molecule has 6 aromatic heterocycles. The van der Waals surface area contributed by atoms with Crippen LogP contribution >= 0.6 is 0 Å². The van der Waals surface area contributed by atoms with E-state index in [1.54, 1.807) is 54.9 Å². The number of halogens is 2. The zero-order valence-corrected chi connectivity index (χ0v) is 36.3. The molecule has 2 saturated heterocycles. The van der Waals surface area contributed by atoms with Crippen molar-refractivity contribution in [2.75, 3.05) is 49.1 Å². The van der Waals surface area contributed by atoms with Crippen LogP contribution in [0.15, 0.2) is 140 Å². The molecule has 8 heterocycles. The molecule has 0 amide bonds. The van der Waals surface area contributed by atoms with E-state index in [0.29, 0.717) is 64.4 Å². The summed E-state index contributed by atoms with van der Waals surface area (Å²) in [5.41, 5.74) is 8.84. The molecule has 2 fully saturated rings. The van der Waals surface area contributed by atoms with Gasteiger partial charge >= 0.3 is 11.3 Å². The third-order valence-corrected chi connectivity index (χ3v) is 12.7. The molecule has 2 aliphatic heterocycles. The summed E-state index contributed by atoms with van der Waals surface area (Å²) in [6.45, 7) is 5.82. The topological polar surface area (TPSA) is 179 Å². The predicted molar refractivity (Wildman–Crippen MR) is 259 cm³/mol. The Morgan fingerprint density at radius 3 is 1.76 bits per heavy atom. The van der Waals surface area contributed by atoms with E-state index < -0.39 is 5.63 Å². The lowest BCUT2D eigenvalue weighted by atomic mass is 10.1. The van der Waals surface area contributed by atoms with Crippen LogP contribution < -0.4 is 32.1 Å². The average Bonchev–Trinajstić information content (AvgIpc) is 4.19. The minimum Gasteiger partial charge on any atom is -0.422 e. The highest BCUT2D eigenvalue weighted by molar-refractivity contribution is 6.04. The van der Waals surface area contributed by atoms with Gasteiger partial charge < -0.3 is 39.7 Å². The quantitative estimate of drug-likeness (QED) is 0.0846. The van der Waals surface area contributed by atoms with Crippen LogP contribution in [0.3, 0.4) is 0 Å². The molecule has 0 spiro atoms. The van der Waals surface area contributed by atoms with Crippen molar-refractivity contribution in [3.63, 3.8) is 0 Å². The smallest absolute Gasteiger partial charge is 0.345 e. The Balaban J connectivity index is 0.000000130. The monoisotopic (exact) mass is 900 g/mol. The van der Waals surface area contributed by atoms with Crippen LogP contribution in [-0.2, 0) is 6.54 Å². The van der Waals surface area contributed by atoms with E-state index in [-0.39, 0.29) is 17.3 Å². The zero-order chi connectivity index (χ0) is 46.0. The molecule has 10 aromatic rings. The Morgan fingerprint density at radius 1 is 0.657 bits per heavy atom. The molecule has 4 aromatic carbocycles. The van der Waals surface area contributed by atoms with Crippen LogP contribution in [0.4, 0.5) is 20.4 Å². The van der Waals surface area contributed by atoms with E-state index in [9.17, 15) is 23.2 Å². The van der Waals surface area contributed by atoms with Crippen LogP contribution in [-0.4, -0.2) is 65.5 Å². The van der Waals surface area contributed by atoms with Gasteiger partial charge in [0.05, 0.1) is 27.5 Å². The standard InChI is InChI=1S/C26H23FN4O2.C14H16FN3.C12H7NO3/c27-18-6-5-17-7-9-29-25(21(17)11-18)31-10-8-16(15-31)13-28-14-19-12-22-24(30-19)20-3-1-2-4-23(20)33-26(22)32;15-12-2-1-11-3-5-17-14(13(11)7-12)18-6-4-10(8-16)9-18;14-6-7-5-9-11(13-7)8-3-1-2-4-10(8)16-12(9)15/h1-7,9,11-12,16,28,30H,8,10,13-15H2;1-3,5,7,10H,4,6,8-9,16H2;1-6,13H. The first-order chi connectivity index (χ1) is 32.7. The summed E-state index contributed by atoms with van der Waals surface area (Å²) in [6.07, 6.45) is 6.38. The summed E-state index contributed by atoms with van der Waals surface area (Å²) < 4.78 is 37.8. The fourth-order valence-corrected chi connectivity index (χ4v) is 9.30. The zero-order valence-electron chi connectivity index (χ0n) is 36.3. The van der Waals surface area contributed by atoms with Gasteiger partial charge in [-0.25, -0.2) is 28.3 Å². The predicted octanol–water partition coefficient (Wildman–Crippen LogP) is 8.82. The number of nitrogens with two attached hydrogens (primary N) is 1. The molecule has 2 aliphatic rings. The number of anilines is 2. The molecule has 13 nitrogen and oxygen atoms in total. The molecule has 12 rings (SSSR count). The molecule has 338 valence electrons. The van der Waals surface area contributed by atoms with Crippen molar-refractivity contribution in [3.05, 3.63) is 165 Å². The fraction of sp³-hybridized carbons (Fsp3) is 0.212. The van der Waals surface area contributed by atoms with Crippen LogP contribution in [0.5, 0.6) is 0 Å². The lowest BCUT2D eigenvalue weighted by molar-refractivity contribution is 0.111. The van der Waals surface area contributed by atoms with Crippen LogP contribution in [0.25, 0.3) is 65.3 Å². The second-order valence-electron chi connectivity index (χ2n) is 17.1. The second-order valence-corrected chi connectivity index (χ2v) is 17.1. The number of aromatic amines is 2. The maximum absolute atomic E-state index is 13.8. The van der Waals surface area contributed by atoms with E-state index >= 15 is 0 Å². The number of rotatable bonds is 8. The number of carbonyl (C=O) groups excluding carboxylic acids is 1. The molecule has 0 radical (unpaired) electrons. The molecule has 5 N–H and O–H groups in total. The summed E-state index contributed by atoms with van der Waals surface area (Å²) in [6, 6.07) is 31.7. The van der Waals surface area contributed by atoms with Gasteiger partial charge in [-0.1, -0.05) is 36.4 Å². The second kappa shape index (κ2) is 18.6. The fourth-order valence-electron chi connectivity index (χ4n) is 9.30. The summed E-state index contributed by atoms with van der Waals surface area (Å²) in [5, 5.41) is 9.97. The van der Waals surface area contributed by atoms with Gasteiger partial charge in [0.2, 0.25) is 0 Å². The van der Waals surface area contributed by atoms with E-state index in [1.807, 2.05) is 48.5 Å². The van der Waals surface area contributed by atoms with E-state index in [0.717, 1.165) is 101 Å². The highest BCUT2D eigenvalue weighted by Gasteiger charge is 2.26. The molecule has 0 saturated carbocycles. The molecular formula is C52H46F2N8O5. The van der Waals surface area contributed by atoms with E-state index in [1.165, 1.54) is 18.2 Å². The Bertz CT molecular complexity index is 3570. The van der Waals surface area contributed by atoms with Gasteiger partial charge in [-0.2, -0.15) is 0 Å². The van der Waals surface area contributed by atoms with Gasteiger partial charge in [-0.15, -0.1) is 0 Å². The maximum Gasteiger partial charge on any atom is 0.345 e. The summed E-state index contributed by atoms with van der Waals surface area (Å²) in [4.78, 5) is 54.3. The lowest BCUT2D eigenvalue weighted by Crippen LogP contribution is -2.26. The van der Waals surface area contributed by atoms with Crippen molar-refractivity contribution in [1.82, 2.24) is 25.3 Å². The third kappa shape index (κ3) is 8.86. The number of hydrogen-bond donors (Lipinski definition) is 4. The molecule has 2 atom stereocenters. The Kier molecular flexibility index (Phi) is 12.0. The SMILES string of the molecule is NCC1CCN(c2nccc3ccc(F)cc23)C1.O=Cc1cc2c(=O)oc3ccccc3c2[nH]1.O=c1oc2ccccc2c2[nH]c(CNCC3CCN(c4nccc5ccc(F)cc45)C3)cc12. The Hall–Kier alpha value is -7.75. The number of carbonyl (C=O) groups is 1. The molecule has 15 heteroatoms. The highest BCUT2D eigenvalue weighted by Crippen LogP contribution is 2.31. The average molecular weight is 901 g/mol. The largest absolute Gasteiger partial charge is 0.422 e. The number of hydrogen-bond acceptors (Lipinski definition) is 11. The number of aromatic nitrogens is 4. The van der Waals surface area contributed by atoms with Crippen LogP contribution in [0, 0.1) is 23.5 Å². The minimum atomic E-state index is -0.432. The van der Waals surface area contributed by atoms with Gasteiger partial charge in [0, 0.05) is 78.9 Å². The first kappa shape index (κ1) is 43.2. The van der Waals surface area contributed by atoms with E-state index in [4.69, 9.17) is 14.6 Å². The van der Waals surface area contributed by atoms with Gasteiger partial charge in [0.25, 0.3) is 0 Å². The number of nitrogens with zero attached hydrogens (tertiary/aromatic N) is 4. The summed E-state index contributed by atoms with van der Waals surface area (Å²) in [5.74, 6) is 2.26. The number of aldehydes is 1. The molecule has 0 bridgehead atoms. The summed E-state index contributed by atoms with van der Waals surface area (Å²) in [7, 11) is 0. The lowest BCUT2D eigenvalue weighted by Gasteiger charge is -2.19. The number of fused-ring (bicyclic) bond motifs is 8. The summed E-state index contributed by atoms with van der Waals surface area (Å²) >= 11 is 0. The van der Waals surface area contributed by atoms with Gasteiger partial charge in [-0.05, 0) is 115 Å². The normalized spacial score (nSPS) is 16.0. The number of benzene rings is 4. The van der Waals surface area contributed by atoms with Crippen molar-refractivity contribution < 1.29 is 22.4 Å². The number of nitrogens with one attached hydrogen (secondary N) is 3. The number of para-hydroxylation sites is 2. The van der Waals surface area contributed by atoms with Gasteiger partial charge in [-0.3, -0.25) is 4.79 Å². The highest BCUT2D eigenvalue weighted by atomic mass is 19.1. The number of pyridine rings is 2. The molecular weight excluding hydrogens is 855 g/mol. The first-order valence-electron chi connectivity index (χ1n) is 22.3. The van der Waals surface area contributed by atoms with E-state index in [2.05, 4.69) is 35.1 Å². The van der Waals surface area contributed by atoms with Crippen LogP contribution in [0.2, 0.25) is 0 Å². The first-order valence-corrected chi connectivity index (χ1v) is 22.3. The molecule has 0 aliphatic carbocycles.